The molecule has 2 N–H and O–H groups in total. The highest BCUT2D eigenvalue weighted by atomic mass is 32.2. The molecule has 3 aromatic rings. The lowest BCUT2D eigenvalue weighted by Crippen LogP contribution is -2.42. The van der Waals surface area contributed by atoms with Crippen molar-refractivity contribution in [2.45, 2.75) is 18.7 Å². The van der Waals surface area contributed by atoms with Crippen molar-refractivity contribution in [1.29, 1.82) is 0 Å². The van der Waals surface area contributed by atoms with Crippen LogP contribution in [0.25, 0.3) is 0 Å². The van der Waals surface area contributed by atoms with Gasteiger partial charge in [-0.1, -0.05) is 36.4 Å². The van der Waals surface area contributed by atoms with Crippen LogP contribution in [0, 0.1) is 12.7 Å². The van der Waals surface area contributed by atoms with Crippen molar-refractivity contribution in [3.05, 3.63) is 95.3 Å². The predicted molar refractivity (Wildman–Crippen MR) is 119 cm³/mol. The summed E-state index contributed by atoms with van der Waals surface area (Å²) in [5.41, 5.74) is 5.07. The summed E-state index contributed by atoms with van der Waals surface area (Å²) in [6, 6.07) is 18.2. The Kier molecular flexibility index (Phi) is 6.89. The van der Waals surface area contributed by atoms with Crippen molar-refractivity contribution in [3.63, 3.8) is 0 Å². The molecule has 0 unspecified atom stereocenters. The molecule has 0 aliphatic carbocycles. The molecule has 0 fully saturated rings. The van der Waals surface area contributed by atoms with Crippen molar-refractivity contribution in [1.82, 2.24) is 10.9 Å². The maximum Gasteiger partial charge on any atom is 0.272 e. The van der Waals surface area contributed by atoms with E-state index in [-0.39, 0.29) is 22.6 Å². The van der Waals surface area contributed by atoms with E-state index < -0.39 is 27.7 Å². The fourth-order valence-electron chi connectivity index (χ4n) is 3.12. The minimum absolute atomic E-state index is 0.0205. The van der Waals surface area contributed by atoms with Crippen molar-refractivity contribution in [3.8, 4) is 0 Å². The van der Waals surface area contributed by atoms with Crippen LogP contribution in [-0.4, -0.2) is 26.8 Å². The summed E-state index contributed by atoms with van der Waals surface area (Å²) < 4.78 is 41.6. The minimum atomic E-state index is -3.95. The molecule has 0 atom stereocenters. The number of nitrogens with one attached hydrogen (secondary N) is 2. The zero-order valence-electron chi connectivity index (χ0n) is 17.5. The first-order valence-corrected chi connectivity index (χ1v) is 11.2. The SMILES string of the molecule is CCN(c1ccccc1)S(=O)(=O)c1cc(C(=O)NNC(=O)c2ccccc2F)ccc1C. The molecule has 3 aromatic carbocycles. The number of amides is 2. The van der Waals surface area contributed by atoms with E-state index in [0.717, 1.165) is 6.07 Å². The second kappa shape index (κ2) is 9.61. The maximum absolute atomic E-state index is 13.7. The first-order valence-electron chi connectivity index (χ1n) is 9.79. The molecule has 3 rings (SSSR count). The van der Waals surface area contributed by atoms with E-state index in [1.165, 1.54) is 40.7 Å². The molecule has 9 heteroatoms. The van der Waals surface area contributed by atoms with Gasteiger partial charge in [0.15, 0.2) is 0 Å². The number of sulfonamides is 1. The molecule has 166 valence electrons. The van der Waals surface area contributed by atoms with E-state index >= 15 is 0 Å². The molecular weight excluding hydrogens is 433 g/mol. The minimum Gasteiger partial charge on any atom is -0.267 e. The Bertz CT molecular complexity index is 1250. The molecule has 0 aromatic heterocycles. The van der Waals surface area contributed by atoms with E-state index in [0.29, 0.717) is 11.3 Å². The number of rotatable bonds is 6. The number of para-hydroxylation sites is 1. The summed E-state index contributed by atoms with van der Waals surface area (Å²) in [7, 11) is -3.95. The molecule has 2 amide bonds. The maximum atomic E-state index is 13.7. The second-order valence-corrected chi connectivity index (χ2v) is 8.70. The van der Waals surface area contributed by atoms with Gasteiger partial charge < -0.3 is 0 Å². The van der Waals surface area contributed by atoms with Crippen LogP contribution >= 0.6 is 0 Å². The Balaban J connectivity index is 1.84. The lowest BCUT2D eigenvalue weighted by atomic mass is 10.1. The van der Waals surface area contributed by atoms with Crippen molar-refractivity contribution < 1.29 is 22.4 Å². The first kappa shape index (κ1) is 23.0. The number of nitrogens with zero attached hydrogens (tertiary/aromatic N) is 1. The summed E-state index contributed by atoms with van der Waals surface area (Å²) >= 11 is 0. The molecule has 0 saturated carbocycles. The number of hydrogen-bond donors (Lipinski definition) is 2. The Hall–Kier alpha value is -3.72. The molecule has 0 bridgehead atoms. The molecule has 7 nitrogen and oxygen atoms in total. The zero-order valence-corrected chi connectivity index (χ0v) is 18.3. The van der Waals surface area contributed by atoms with Crippen LogP contribution < -0.4 is 15.2 Å². The number of aryl methyl sites for hydroxylation is 1. The standard InChI is InChI=1S/C23H22FN3O4S/c1-3-27(18-9-5-4-6-10-18)32(30,31)21-15-17(14-13-16(21)2)22(28)25-26-23(29)19-11-7-8-12-20(19)24/h4-15H,3H2,1-2H3,(H,25,28)(H,26,29). The third-order valence-corrected chi connectivity index (χ3v) is 6.80. The number of carbonyl (C=O) groups is 2. The Morgan fingerprint density at radius 2 is 1.53 bits per heavy atom. The molecule has 0 spiro atoms. The van der Waals surface area contributed by atoms with Crippen LogP contribution in [0.15, 0.2) is 77.7 Å². The van der Waals surface area contributed by atoms with Gasteiger partial charge in [-0.05, 0) is 55.8 Å². The fourth-order valence-corrected chi connectivity index (χ4v) is 4.85. The highest BCUT2D eigenvalue weighted by Gasteiger charge is 2.26. The van der Waals surface area contributed by atoms with Crippen molar-refractivity contribution in [2.75, 3.05) is 10.8 Å². The number of hydrazine groups is 1. The van der Waals surface area contributed by atoms with Gasteiger partial charge in [0.25, 0.3) is 21.8 Å². The Morgan fingerprint density at radius 3 is 2.19 bits per heavy atom. The summed E-state index contributed by atoms with van der Waals surface area (Å²) in [6.45, 7) is 3.54. The summed E-state index contributed by atoms with van der Waals surface area (Å²) in [4.78, 5) is 24.6. The van der Waals surface area contributed by atoms with E-state index in [4.69, 9.17) is 0 Å². The number of anilines is 1. The smallest absolute Gasteiger partial charge is 0.267 e. The topological polar surface area (TPSA) is 95.6 Å². The predicted octanol–water partition coefficient (Wildman–Crippen LogP) is 3.42. The third kappa shape index (κ3) is 4.78. The number of hydrogen-bond acceptors (Lipinski definition) is 4. The molecule has 32 heavy (non-hydrogen) atoms. The number of halogens is 1. The third-order valence-electron chi connectivity index (χ3n) is 4.76. The van der Waals surface area contributed by atoms with Crippen molar-refractivity contribution >= 4 is 27.5 Å². The Morgan fingerprint density at radius 1 is 0.906 bits per heavy atom. The van der Waals surface area contributed by atoms with Gasteiger partial charge in [0.05, 0.1) is 16.1 Å². The van der Waals surface area contributed by atoms with Crippen LogP contribution in [0.2, 0.25) is 0 Å². The normalized spacial score (nSPS) is 11.0. The Labute approximate surface area is 185 Å². The molecule has 0 aliphatic heterocycles. The first-order chi connectivity index (χ1) is 15.3. The van der Waals surface area contributed by atoms with Gasteiger partial charge in [-0.3, -0.25) is 24.7 Å². The lowest BCUT2D eigenvalue weighted by molar-refractivity contribution is 0.0844. The average molecular weight is 456 g/mol. The van der Waals surface area contributed by atoms with Crippen LogP contribution in [0.3, 0.4) is 0 Å². The molecular formula is C23H22FN3O4S. The number of carbonyl (C=O) groups excluding carboxylic acids is 2. The molecule has 0 radical (unpaired) electrons. The molecule has 0 aliphatic rings. The van der Waals surface area contributed by atoms with Gasteiger partial charge >= 0.3 is 0 Å². The van der Waals surface area contributed by atoms with E-state index in [1.807, 2.05) is 0 Å². The van der Waals surface area contributed by atoms with E-state index in [2.05, 4.69) is 10.9 Å². The fraction of sp³-hybridized carbons (Fsp3) is 0.130. The van der Waals surface area contributed by atoms with Gasteiger partial charge in [-0.2, -0.15) is 0 Å². The van der Waals surface area contributed by atoms with E-state index in [9.17, 15) is 22.4 Å². The number of benzene rings is 3. The highest BCUT2D eigenvalue weighted by Crippen LogP contribution is 2.26. The summed E-state index contributed by atoms with van der Waals surface area (Å²) in [5, 5.41) is 0. The molecule has 0 heterocycles. The van der Waals surface area contributed by atoms with Crippen LogP contribution in [0.4, 0.5) is 10.1 Å². The van der Waals surface area contributed by atoms with Crippen molar-refractivity contribution in [2.24, 2.45) is 0 Å². The highest BCUT2D eigenvalue weighted by molar-refractivity contribution is 7.92. The van der Waals surface area contributed by atoms with Gasteiger partial charge in [-0.15, -0.1) is 0 Å². The lowest BCUT2D eigenvalue weighted by Gasteiger charge is -2.24. The van der Waals surface area contributed by atoms with Gasteiger partial charge in [-0.25, -0.2) is 12.8 Å². The summed E-state index contributed by atoms with van der Waals surface area (Å²) in [5.74, 6) is -2.31. The van der Waals surface area contributed by atoms with Crippen LogP contribution in [-0.2, 0) is 10.0 Å². The summed E-state index contributed by atoms with van der Waals surface area (Å²) in [6.07, 6.45) is 0. The quantitative estimate of drug-likeness (QED) is 0.557. The van der Waals surface area contributed by atoms with Gasteiger partial charge in [0.1, 0.15) is 5.82 Å². The van der Waals surface area contributed by atoms with E-state index in [1.54, 1.807) is 44.2 Å². The van der Waals surface area contributed by atoms with Gasteiger partial charge in [0.2, 0.25) is 0 Å². The van der Waals surface area contributed by atoms with Gasteiger partial charge in [0, 0.05) is 12.1 Å². The largest absolute Gasteiger partial charge is 0.272 e. The monoisotopic (exact) mass is 455 g/mol. The van der Waals surface area contributed by atoms with Crippen LogP contribution in [0.5, 0.6) is 0 Å². The van der Waals surface area contributed by atoms with Crippen LogP contribution in [0.1, 0.15) is 33.2 Å². The average Bonchev–Trinajstić information content (AvgIpc) is 2.78. The molecule has 0 saturated heterocycles. The zero-order chi connectivity index (χ0) is 23.3. The second-order valence-electron chi connectivity index (χ2n) is 6.87.